The number of carbonyl (C=O) groups is 1. The Labute approximate surface area is 136 Å². The summed E-state index contributed by atoms with van der Waals surface area (Å²) < 4.78 is 3.91. The lowest BCUT2D eigenvalue weighted by molar-refractivity contribution is 0.103. The van der Waals surface area contributed by atoms with Gasteiger partial charge in [0.1, 0.15) is 10.6 Å². The van der Waals surface area contributed by atoms with Crippen LogP contribution in [0.2, 0.25) is 5.02 Å². The van der Waals surface area contributed by atoms with Gasteiger partial charge in [-0.15, -0.1) is 5.10 Å². The summed E-state index contributed by atoms with van der Waals surface area (Å²) in [6, 6.07) is 14.9. The molecule has 0 aliphatic heterocycles. The van der Waals surface area contributed by atoms with Crippen LogP contribution in [0.15, 0.2) is 48.5 Å². The van der Waals surface area contributed by atoms with Crippen LogP contribution in [0.3, 0.4) is 0 Å². The van der Waals surface area contributed by atoms with Crippen molar-refractivity contribution in [3.05, 3.63) is 64.0 Å². The fourth-order valence-electron chi connectivity index (χ4n) is 2.07. The van der Waals surface area contributed by atoms with E-state index in [0.29, 0.717) is 15.6 Å². The van der Waals surface area contributed by atoms with E-state index in [1.165, 1.54) is 0 Å². The smallest absolute Gasteiger partial charge is 0.269 e. The number of nitrogens with zero attached hydrogens (tertiary/aromatic N) is 2. The fraction of sp³-hybridized carbons (Fsp3) is 0.0625. The minimum atomic E-state index is -0.223. The zero-order chi connectivity index (χ0) is 15.5. The lowest BCUT2D eigenvalue weighted by atomic mass is 10.1. The van der Waals surface area contributed by atoms with Crippen molar-refractivity contribution in [1.82, 2.24) is 9.59 Å². The van der Waals surface area contributed by atoms with Crippen LogP contribution in [-0.2, 0) is 0 Å². The van der Waals surface area contributed by atoms with Crippen molar-refractivity contribution in [3.8, 4) is 11.3 Å². The summed E-state index contributed by atoms with van der Waals surface area (Å²) in [7, 11) is 0. The predicted molar refractivity (Wildman–Crippen MR) is 89.5 cm³/mol. The Morgan fingerprint density at radius 1 is 1.18 bits per heavy atom. The van der Waals surface area contributed by atoms with Gasteiger partial charge < -0.3 is 5.32 Å². The Morgan fingerprint density at radius 2 is 1.95 bits per heavy atom. The average molecular weight is 330 g/mol. The van der Waals surface area contributed by atoms with Crippen LogP contribution in [0.1, 0.15) is 15.2 Å². The molecule has 1 amide bonds. The van der Waals surface area contributed by atoms with Crippen LogP contribution in [-0.4, -0.2) is 15.5 Å². The average Bonchev–Trinajstić information content (AvgIpc) is 3.00. The second kappa shape index (κ2) is 6.25. The van der Waals surface area contributed by atoms with Gasteiger partial charge in [0.05, 0.1) is 0 Å². The number of rotatable bonds is 3. The minimum Gasteiger partial charge on any atom is -0.321 e. The fourth-order valence-corrected chi connectivity index (χ4v) is 2.88. The maximum atomic E-state index is 12.5. The van der Waals surface area contributed by atoms with Gasteiger partial charge in [-0.2, -0.15) is 0 Å². The first-order valence-electron chi connectivity index (χ1n) is 6.60. The molecular weight excluding hydrogens is 318 g/mol. The number of anilines is 1. The number of hydrogen-bond acceptors (Lipinski definition) is 4. The van der Waals surface area contributed by atoms with E-state index < -0.39 is 0 Å². The van der Waals surface area contributed by atoms with E-state index in [0.717, 1.165) is 28.3 Å². The van der Waals surface area contributed by atoms with E-state index in [4.69, 9.17) is 11.6 Å². The molecule has 0 aliphatic rings. The molecule has 2 aromatic carbocycles. The largest absolute Gasteiger partial charge is 0.321 e. The van der Waals surface area contributed by atoms with Crippen molar-refractivity contribution in [3.63, 3.8) is 0 Å². The van der Waals surface area contributed by atoms with Gasteiger partial charge in [0.15, 0.2) is 0 Å². The number of aromatic nitrogens is 2. The van der Waals surface area contributed by atoms with Crippen molar-refractivity contribution in [2.45, 2.75) is 6.92 Å². The molecule has 22 heavy (non-hydrogen) atoms. The van der Waals surface area contributed by atoms with Gasteiger partial charge in [-0.05, 0) is 42.2 Å². The van der Waals surface area contributed by atoms with Crippen LogP contribution in [0.25, 0.3) is 11.3 Å². The molecule has 1 heterocycles. The first-order chi connectivity index (χ1) is 10.6. The summed E-state index contributed by atoms with van der Waals surface area (Å²) in [4.78, 5) is 13.0. The zero-order valence-electron chi connectivity index (χ0n) is 11.7. The first kappa shape index (κ1) is 14.7. The van der Waals surface area contributed by atoms with Crippen molar-refractivity contribution < 1.29 is 4.79 Å². The standard InChI is InChI=1S/C16H12ClN3OS/c1-10-9-12(17)7-8-13(10)18-16(21)15-14(19-20-22-15)11-5-3-2-4-6-11/h2-9H,1H3,(H,18,21). The zero-order valence-corrected chi connectivity index (χ0v) is 13.3. The quantitative estimate of drug-likeness (QED) is 0.774. The molecule has 1 aromatic heterocycles. The third-order valence-electron chi connectivity index (χ3n) is 3.18. The maximum Gasteiger partial charge on any atom is 0.269 e. The Kier molecular flexibility index (Phi) is 4.18. The third kappa shape index (κ3) is 3.00. The van der Waals surface area contributed by atoms with Crippen molar-refractivity contribution >= 4 is 34.7 Å². The molecule has 3 aromatic rings. The van der Waals surface area contributed by atoms with E-state index in [9.17, 15) is 4.79 Å². The van der Waals surface area contributed by atoms with Crippen LogP contribution >= 0.6 is 23.1 Å². The van der Waals surface area contributed by atoms with E-state index in [-0.39, 0.29) is 5.91 Å². The summed E-state index contributed by atoms with van der Waals surface area (Å²) >= 11 is 7.01. The van der Waals surface area contributed by atoms with E-state index in [2.05, 4.69) is 14.9 Å². The number of amides is 1. The molecule has 0 aliphatic carbocycles. The van der Waals surface area contributed by atoms with Gasteiger partial charge in [-0.25, -0.2) is 0 Å². The third-order valence-corrected chi connectivity index (χ3v) is 4.14. The second-order valence-corrected chi connectivity index (χ2v) is 5.92. The first-order valence-corrected chi connectivity index (χ1v) is 7.75. The minimum absolute atomic E-state index is 0.223. The van der Waals surface area contributed by atoms with Crippen LogP contribution in [0.4, 0.5) is 5.69 Å². The van der Waals surface area contributed by atoms with Crippen LogP contribution in [0, 0.1) is 6.92 Å². The number of aryl methyl sites for hydroxylation is 1. The van der Waals surface area contributed by atoms with Gasteiger partial charge >= 0.3 is 0 Å². The SMILES string of the molecule is Cc1cc(Cl)ccc1NC(=O)c1snnc1-c1ccccc1. The summed E-state index contributed by atoms with van der Waals surface area (Å²) in [5, 5.41) is 7.59. The molecular formula is C16H12ClN3OS. The highest BCUT2D eigenvalue weighted by molar-refractivity contribution is 7.08. The lowest BCUT2D eigenvalue weighted by Gasteiger charge is -2.08. The molecule has 0 bridgehead atoms. The van der Waals surface area contributed by atoms with Crippen LogP contribution < -0.4 is 5.32 Å². The Balaban J connectivity index is 1.89. The van der Waals surface area contributed by atoms with Gasteiger partial charge in [-0.1, -0.05) is 46.4 Å². The molecule has 110 valence electrons. The Hall–Kier alpha value is -2.24. The molecule has 0 saturated heterocycles. The molecule has 0 spiro atoms. The lowest BCUT2D eigenvalue weighted by Crippen LogP contribution is -2.12. The van der Waals surface area contributed by atoms with E-state index in [1.54, 1.807) is 18.2 Å². The van der Waals surface area contributed by atoms with Gasteiger partial charge in [0.25, 0.3) is 5.91 Å². The van der Waals surface area contributed by atoms with Gasteiger partial charge in [-0.3, -0.25) is 4.79 Å². The van der Waals surface area contributed by atoms with Crippen molar-refractivity contribution in [2.75, 3.05) is 5.32 Å². The summed E-state index contributed by atoms with van der Waals surface area (Å²) in [5.74, 6) is -0.223. The van der Waals surface area contributed by atoms with Crippen LogP contribution in [0.5, 0.6) is 0 Å². The maximum absolute atomic E-state index is 12.5. The summed E-state index contributed by atoms with van der Waals surface area (Å²) in [6.45, 7) is 1.89. The Morgan fingerprint density at radius 3 is 2.68 bits per heavy atom. The molecule has 6 heteroatoms. The number of benzene rings is 2. The molecule has 0 radical (unpaired) electrons. The number of hydrogen-bond donors (Lipinski definition) is 1. The highest BCUT2D eigenvalue weighted by Crippen LogP contribution is 2.26. The molecule has 0 unspecified atom stereocenters. The molecule has 0 saturated carbocycles. The number of halogens is 1. The molecule has 0 fully saturated rings. The van der Waals surface area contributed by atoms with Gasteiger partial charge in [0.2, 0.25) is 0 Å². The number of nitrogens with one attached hydrogen (secondary N) is 1. The summed E-state index contributed by atoms with van der Waals surface area (Å²) in [5.41, 5.74) is 3.09. The highest BCUT2D eigenvalue weighted by atomic mass is 35.5. The number of carbonyl (C=O) groups excluding carboxylic acids is 1. The molecule has 1 N–H and O–H groups in total. The van der Waals surface area contributed by atoms with Crippen molar-refractivity contribution in [1.29, 1.82) is 0 Å². The Bertz CT molecular complexity index is 817. The molecule has 4 nitrogen and oxygen atoms in total. The highest BCUT2D eigenvalue weighted by Gasteiger charge is 2.18. The second-order valence-electron chi connectivity index (χ2n) is 4.73. The molecule has 0 atom stereocenters. The van der Waals surface area contributed by atoms with E-state index >= 15 is 0 Å². The normalized spacial score (nSPS) is 10.5. The van der Waals surface area contributed by atoms with E-state index in [1.807, 2.05) is 37.3 Å². The van der Waals surface area contributed by atoms with Gasteiger partial charge in [0, 0.05) is 16.3 Å². The molecule has 3 rings (SSSR count). The summed E-state index contributed by atoms with van der Waals surface area (Å²) in [6.07, 6.45) is 0. The monoisotopic (exact) mass is 329 g/mol. The van der Waals surface area contributed by atoms with Crippen molar-refractivity contribution in [2.24, 2.45) is 0 Å². The topological polar surface area (TPSA) is 54.9 Å². The predicted octanol–water partition coefficient (Wildman–Crippen LogP) is 4.42.